The minimum atomic E-state index is -0.235. The van der Waals surface area contributed by atoms with Gasteiger partial charge in [-0.3, -0.25) is 9.88 Å². The van der Waals surface area contributed by atoms with E-state index in [9.17, 15) is 4.39 Å². The number of pyridine rings is 1. The van der Waals surface area contributed by atoms with Gasteiger partial charge in [0.1, 0.15) is 17.9 Å². The van der Waals surface area contributed by atoms with E-state index in [1.807, 2.05) is 19.9 Å². The quantitative estimate of drug-likeness (QED) is 0.689. The SMILES string of the molecule is Cc1noc(C)c1-c1cc(C[C@@H]2CCN(Cc3ncccc3F)C2)ncn1. The first-order valence-corrected chi connectivity index (χ1v) is 9.16. The van der Waals surface area contributed by atoms with Crippen LogP contribution in [0.2, 0.25) is 0 Å². The van der Waals surface area contributed by atoms with Gasteiger partial charge in [-0.15, -0.1) is 0 Å². The fraction of sp³-hybridized carbons (Fsp3) is 0.400. The van der Waals surface area contributed by atoms with Crippen molar-refractivity contribution >= 4 is 0 Å². The molecule has 0 aliphatic carbocycles. The summed E-state index contributed by atoms with van der Waals surface area (Å²) in [6.07, 6.45) is 5.19. The molecule has 6 nitrogen and oxygen atoms in total. The van der Waals surface area contributed by atoms with Crippen molar-refractivity contribution in [1.29, 1.82) is 0 Å². The predicted molar refractivity (Wildman–Crippen MR) is 98.3 cm³/mol. The first kappa shape index (κ1) is 17.7. The van der Waals surface area contributed by atoms with Gasteiger partial charge in [0, 0.05) is 25.0 Å². The maximum absolute atomic E-state index is 13.8. The Morgan fingerprint density at radius 3 is 2.93 bits per heavy atom. The maximum atomic E-state index is 13.8. The summed E-state index contributed by atoms with van der Waals surface area (Å²) in [4.78, 5) is 15.2. The van der Waals surface area contributed by atoms with E-state index in [1.54, 1.807) is 18.6 Å². The number of rotatable bonds is 5. The van der Waals surface area contributed by atoms with E-state index in [2.05, 4.69) is 25.0 Å². The standard InChI is InChI=1S/C20H22FN5O/c1-13-20(14(2)27-25-13)18-9-16(23-12-24-18)8-15-5-7-26(10-15)11-19-17(21)4-3-6-22-19/h3-4,6,9,12,15H,5,7-8,10-11H2,1-2H3/t15-/m0/s1. The highest BCUT2D eigenvalue weighted by Gasteiger charge is 2.24. The van der Waals surface area contributed by atoms with Crippen LogP contribution in [0.25, 0.3) is 11.3 Å². The van der Waals surface area contributed by atoms with Gasteiger partial charge in [0.15, 0.2) is 0 Å². The summed E-state index contributed by atoms with van der Waals surface area (Å²) in [7, 11) is 0. The Hall–Kier alpha value is -2.67. The molecular formula is C20H22FN5O. The molecule has 0 saturated carbocycles. The summed E-state index contributed by atoms with van der Waals surface area (Å²) in [6, 6.07) is 5.11. The summed E-state index contributed by atoms with van der Waals surface area (Å²) in [6.45, 7) is 6.22. The zero-order valence-electron chi connectivity index (χ0n) is 15.5. The highest BCUT2D eigenvalue weighted by Crippen LogP contribution is 2.27. The molecule has 0 radical (unpaired) electrons. The second-order valence-electron chi connectivity index (χ2n) is 7.12. The van der Waals surface area contributed by atoms with Gasteiger partial charge in [-0.25, -0.2) is 14.4 Å². The Morgan fingerprint density at radius 1 is 1.26 bits per heavy atom. The van der Waals surface area contributed by atoms with E-state index < -0.39 is 0 Å². The van der Waals surface area contributed by atoms with E-state index in [0.717, 1.165) is 54.3 Å². The van der Waals surface area contributed by atoms with E-state index in [-0.39, 0.29) is 5.82 Å². The van der Waals surface area contributed by atoms with Crippen LogP contribution in [0.1, 0.15) is 29.3 Å². The van der Waals surface area contributed by atoms with Crippen LogP contribution in [-0.4, -0.2) is 38.1 Å². The van der Waals surface area contributed by atoms with E-state index in [4.69, 9.17) is 4.52 Å². The second-order valence-corrected chi connectivity index (χ2v) is 7.12. The van der Waals surface area contributed by atoms with Crippen LogP contribution in [-0.2, 0) is 13.0 Å². The smallest absolute Gasteiger partial charge is 0.146 e. The second kappa shape index (κ2) is 7.52. The monoisotopic (exact) mass is 367 g/mol. The van der Waals surface area contributed by atoms with Crippen LogP contribution in [0.3, 0.4) is 0 Å². The van der Waals surface area contributed by atoms with Gasteiger partial charge in [0.05, 0.1) is 22.6 Å². The van der Waals surface area contributed by atoms with Crippen molar-refractivity contribution in [1.82, 2.24) is 25.0 Å². The van der Waals surface area contributed by atoms with Gasteiger partial charge in [-0.1, -0.05) is 5.16 Å². The van der Waals surface area contributed by atoms with Gasteiger partial charge < -0.3 is 4.52 Å². The number of aromatic nitrogens is 4. The average molecular weight is 367 g/mol. The number of nitrogens with zero attached hydrogens (tertiary/aromatic N) is 5. The average Bonchev–Trinajstić information content (AvgIpc) is 3.23. The molecular weight excluding hydrogens is 345 g/mol. The van der Waals surface area contributed by atoms with Crippen molar-refractivity contribution in [2.75, 3.05) is 13.1 Å². The third kappa shape index (κ3) is 3.88. The third-order valence-electron chi connectivity index (χ3n) is 5.09. The van der Waals surface area contributed by atoms with Gasteiger partial charge >= 0.3 is 0 Å². The molecule has 4 heterocycles. The summed E-state index contributed by atoms with van der Waals surface area (Å²) < 4.78 is 19.1. The Labute approximate surface area is 157 Å². The van der Waals surface area contributed by atoms with E-state index >= 15 is 0 Å². The molecule has 7 heteroatoms. The van der Waals surface area contributed by atoms with Crippen LogP contribution in [0.5, 0.6) is 0 Å². The lowest BCUT2D eigenvalue weighted by atomic mass is 10.0. The molecule has 4 rings (SSSR count). The lowest BCUT2D eigenvalue weighted by Crippen LogP contribution is -2.22. The van der Waals surface area contributed by atoms with Gasteiger partial charge in [0.25, 0.3) is 0 Å². The van der Waals surface area contributed by atoms with Crippen molar-refractivity contribution in [3.63, 3.8) is 0 Å². The van der Waals surface area contributed by atoms with Crippen LogP contribution in [0.15, 0.2) is 35.2 Å². The molecule has 0 amide bonds. The molecule has 27 heavy (non-hydrogen) atoms. The summed E-state index contributed by atoms with van der Waals surface area (Å²) >= 11 is 0. The Bertz CT molecular complexity index is 922. The van der Waals surface area contributed by atoms with E-state index in [0.29, 0.717) is 18.2 Å². The molecule has 1 atom stereocenters. The van der Waals surface area contributed by atoms with Crippen molar-refractivity contribution in [2.45, 2.75) is 33.2 Å². The molecule has 0 bridgehead atoms. The Morgan fingerprint density at radius 2 is 2.15 bits per heavy atom. The van der Waals surface area contributed by atoms with Crippen molar-refractivity contribution < 1.29 is 8.91 Å². The molecule has 1 saturated heterocycles. The molecule has 3 aromatic heterocycles. The van der Waals surface area contributed by atoms with Crippen LogP contribution in [0.4, 0.5) is 4.39 Å². The molecule has 1 aliphatic rings. The molecule has 140 valence electrons. The Kier molecular flexibility index (Phi) is 4.94. The fourth-order valence-electron chi connectivity index (χ4n) is 3.76. The maximum Gasteiger partial charge on any atom is 0.146 e. The largest absolute Gasteiger partial charge is 0.361 e. The molecule has 0 spiro atoms. The number of hydrogen-bond acceptors (Lipinski definition) is 6. The molecule has 0 N–H and O–H groups in total. The molecule has 0 aromatic carbocycles. The zero-order chi connectivity index (χ0) is 18.8. The van der Waals surface area contributed by atoms with Crippen molar-refractivity contribution in [3.05, 3.63) is 59.4 Å². The van der Waals surface area contributed by atoms with Gasteiger partial charge in [-0.05, 0) is 57.4 Å². The lowest BCUT2D eigenvalue weighted by molar-refractivity contribution is 0.306. The van der Waals surface area contributed by atoms with E-state index in [1.165, 1.54) is 6.07 Å². The lowest BCUT2D eigenvalue weighted by Gasteiger charge is -2.15. The van der Waals surface area contributed by atoms with Crippen LogP contribution in [0, 0.1) is 25.6 Å². The molecule has 3 aromatic rings. The summed E-state index contributed by atoms with van der Waals surface area (Å²) in [5, 5.41) is 4.00. The fourth-order valence-corrected chi connectivity index (χ4v) is 3.76. The summed E-state index contributed by atoms with van der Waals surface area (Å²) in [5.41, 5.74) is 4.15. The topological polar surface area (TPSA) is 67.9 Å². The Balaban J connectivity index is 1.42. The number of halogens is 1. The normalized spacial score (nSPS) is 17.5. The van der Waals surface area contributed by atoms with Crippen molar-refractivity contribution in [3.8, 4) is 11.3 Å². The molecule has 0 unspecified atom stereocenters. The van der Waals surface area contributed by atoms with Crippen LogP contribution < -0.4 is 0 Å². The first-order chi connectivity index (χ1) is 13.1. The molecule has 1 fully saturated rings. The minimum Gasteiger partial charge on any atom is -0.361 e. The highest BCUT2D eigenvalue weighted by atomic mass is 19.1. The number of hydrogen-bond donors (Lipinski definition) is 0. The minimum absolute atomic E-state index is 0.235. The third-order valence-corrected chi connectivity index (χ3v) is 5.09. The number of likely N-dealkylation sites (tertiary alicyclic amines) is 1. The van der Waals surface area contributed by atoms with Crippen molar-refractivity contribution in [2.24, 2.45) is 5.92 Å². The summed E-state index contributed by atoms with van der Waals surface area (Å²) in [5.74, 6) is 1.02. The molecule has 1 aliphatic heterocycles. The van der Waals surface area contributed by atoms with Crippen LogP contribution >= 0.6 is 0 Å². The number of aryl methyl sites for hydroxylation is 2. The zero-order valence-corrected chi connectivity index (χ0v) is 15.5. The highest BCUT2D eigenvalue weighted by molar-refractivity contribution is 5.63. The van der Waals surface area contributed by atoms with Gasteiger partial charge in [0.2, 0.25) is 0 Å². The predicted octanol–water partition coefficient (Wildman–Crippen LogP) is 3.35. The van der Waals surface area contributed by atoms with Gasteiger partial charge in [-0.2, -0.15) is 0 Å². The first-order valence-electron chi connectivity index (χ1n) is 9.16.